The summed E-state index contributed by atoms with van der Waals surface area (Å²) in [7, 11) is 3.81. The number of amides is 2. The summed E-state index contributed by atoms with van der Waals surface area (Å²) < 4.78 is 0. The number of nitrogens with one attached hydrogen (secondary N) is 2. The molecule has 0 radical (unpaired) electrons. The number of carboxylic acid groups (broad SMARTS) is 1. The van der Waals surface area contributed by atoms with Gasteiger partial charge in [0.25, 0.3) is 0 Å². The summed E-state index contributed by atoms with van der Waals surface area (Å²) >= 11 is 0. The van der Waals surface area contributed by atoms with Gasteiger partial charge in [0.05, 0.1) is 0 Å². The molecule has 6 nitrogen and oxygen atoms in total. The van der Waals surface area contributed by atoms with Crippen LogP contribution in [0.3, 0.4) is 0 Å². The third kappa shape index (κ3) is 5.72. The molecule has 1 unspecified atom stereocenters. The lowest BCUT2D eigenvalue weighted by atomic mass is 10.1. The molecule has 0 aromatic heterocycles. The largest absolute Gasteiger partial charge is 0.480 e. The summed E-state index contributed by atoms with van der Waals surface area (Å²) in [5.41, 5.74) is 1.58. The second-order valence-corrected chi connectivity index (χ2v) is 5.08. The molecule has 3 N–H and O–H groups in total. The van der Waals surface area contributed by atoms with E-state index < -0.39 is 18.0 Å². The van der Waals surface area contributed by atoms with E-state index in [4.69, 9.17) is 5.11 Å². The number of benzene rings is 1. The number of urea groups is 1. The lowest BCUT2D eigenvalue weighted by molar-refractivity contribution is -0.139. The molecule has 0 spiro atoms. The molecular formula is C15H23N3O3. The van der Waals surface area contributed by atoms with Gasteiger partial charge in [-0.05, 0) is 24.6 Å². The second kappa shape index (κ2) is 8.14. The van der Waals surface area contributed by atoms with Gasteiger partial charge in [-0.2, -0.15) is 0 Å². The Morgan fingerprint density at radius 3 is 2.62 bits per heavy atom. The van der Waals surface area contributed by atoms with E-state index in [0.717, 1.165) is 18.5 Å². The summed E-state index contributed by atoms with van der Waals surface area (Å²) in [5, 5.41) is 14.2. The second-order valence-electron chi connectivity index (χ2n) is 5.08. The van der Waals surface area contributed by atoms with Crippen molar-refractivity contribution in [2.24, 2.45) is 0 Å². The average Bonchev–Trinajstić information content (AvgIpc) is 2.43. The van der Waals surface area contributed by atoms with Crippen LogP contribution < -0.4 is 15.5 Å². The number of aliphatic carboxylic acids is 1. The molecule has 2 amide bonds. The molecular weight excluding hydrogens is 270 g/mol. The first kappa shape index (κ1) is 16.8. The number of hydrogen-bond donors (Lipinski definition) is 3. The van der Waals surface area contributed by atoms with Crippen LogP contribution in [0.15, 0.2) is 24.3 Å². The van der Waals surface area contributed by atoms with Gasteiger partial charge in [0.15, 0.2) is 0 Å². The first-order valence-electron chi connectivity index (χ1n) is 7.01. The molecule has 0 heterocycles. The Bertz CT molecular complexity index is 489. The molecule has 0 bridgehead atoms. The maximum Gasteiger partial charge on any atom is 0.326 e. The number of carbonyl (C=O) groups excluding carboxylic acids is 1. The standard InChI is InChI=1S/C15H23N3O3/c1-4-5-9-13(14(19)20)17-15(21)16-11-7-6-8-12(10-11)18(2)3/h6-8,10,13H,4-5,9H2,1-3H3,(H,19,20)(H2,16,17,21). The summed E-state index contributed by atoms with van der Waals surface area (Å²) in [6, 6.07) is 5.97. The Morgan fingerprint density at radius 2 is 2.05 bits per heavy atom. The minimum absolute atomic E-state index is 0.428. The highest BCUT2D eigenvalue weighted by atomic mass is 16.4. The smallest absolute Gasteiger partial charge is 0.326 e. The fourth-order valence-electron chi connectivity index (χ4n) is 1.85. The zero-order valence-corrected chi connectivity index (χ0v) is 12.7. The predicted molar refractivity (Wildman–Crippen MR) is 83.9 cm³/mol. The topological polar surface area (TPSA) is 81.7 Å². The third-order valence-electron chi connectivity index (χ3n) is 3.07. The molecule has 0 saturated carbocycles. The highest BCUT2D eigenvalue weighted by molar-refractivity contribution is 5.92. The maximum atomic E-state index is 11.9. The fraction of sp³-hybridized carbons (Fsp3) is 0.467. The van der Waals surface area contributed by atoms with Gasteiger partial charge < -0.3 is 20.6 Å². The Balaban J connectivity index is 2.63. The summed E-state index contributed by atoms with van der Waals surface area (Å²) in [5.74, 6) is -1.01. The van der Waals surface area contributed by atoms with Crippen molar-refractivity contribution in [1.82, 2.24) is 5.32 Å². The van der Waals surface area contributed by atoms with E-state index in [1.807, 2.05) is 44.1 Å². The van der Waals surface area contributed by atoms with Gasteiger partial charge in [-0.3, -0.25) is 0 Å². The highest BCUT2D eigenvalue weighted by Gasteiger charge is 2.19. The van der Waals surface area contributed by atoms with Crippen molar-refractivity contribution in [1.29, 1.82) is 0 Å². The molecule has 0 aliphatic carbocycles. The lowest BCUT2D eigenvalue weighted by Crippen LogP contribution is -2.42. The van der Waals surface area contributed by atoms with Crippen molar-refractivity contribution in [3.63, 3.8) is 0 Å². The Morgan fingerprint density at radius 1 is 1.33 bits per heavy atom. The van der Waals surface area contributed by atoms with E-state index in [0.29, 0.717) is 12.1 Å². The number of rotatable bonds is 7. The SMILES string of the molecule is CCCCC(NC(=O)Nc1cccc(N(C)C)c1)C(=O)O. The quantitative estimate of drug-likeness (QED) is 0.721. The molecule has 6 heteroatoms. The molecule has 0 fully saturated rings. The summed E-state index contributed by atoms with van der Waals surface area (Å²) in [6.07, 6.45) is 2.07. The third-order valence-corrected chi connectivity index (χ3v) is 3.07. The molecule has 1 atom stereocenters. The molecule has 0 aliphatic rings. The van der Waals surface area contributed by atoms with Gasteiger partial charge in [0.2, 0.25) is 0 Å². The van der Waals surface area contributed by atoms with E-state index in [-0.39, 0.29) is 0 Å². The van der Waals surface area contributed by atoms with Gasteiger partial charge >= 0.3 is 12.0 Å². The van der Waals surface area contributed by atoms with Crippen LogP contribution >= 0.6 is 0 Å². The van der Waals surface area contributed by atoms with E-state index in [1.165, 1.54) is 0 Å². The number of unbranched alkanes of at least 4 members (excludes halogenated alkanes) is 1. The van der Waals surface area contributed by atoms with E-state index in [9.17, 15) is 9.59 Å². The van der Waals surface area contributed by atoms with Crippen LogP contribution in [0.1, 0.15) is 26.2 Å². The van der Waals surface area contributed by atoms with Crippen molar-refractivity contribution in [2.45, 2.75) is 32.2 Å². The molecule has 21 heavy (non-hydrogen) atoms. The predicted octanol–water partition coefficient (Wildman–Crippen LogP) is 2.52. The van der Waals surface area contributed by atoms with Crippen LogP contribution in [0.5, 0.6) is 0 Å². The Hall–Kier alpha value is -2.24. The lowest BCUT2D eigenvalue weighted by Gasteiger charge is -2.16. The van der Waals surface area contributed by atoms with Crippen LogP contribution in [-0.2, 0) is 4.79 Å². The molecule has 116 valence electrons. The number of carbonyl (C=O) groups is 2. The van der Waals surface area contributed by atoms with E-state index in [2.05, 4.69) is 10.6 Å². The highest BCUT2D eigenvalue weighted by Crippen LogP contribution is 2.17. The molecule has 1 aromatic carbocycles. The number of nitrogens with zero attached hydrogens (tertiary/aromatic N) is 1. The fourth-order valence-corrected chi connectivity index (χ4v) is 1.85. The maximum absolute atomic E-state index is 11.9. The van der Waals surface area contributed by atoms with Crippen molar-refractivity contribution >= 4 is 23.4 Å². The zero-order valence-electron chi connectivity index (χ0n) is 12.7. The number of carboxylic acids is 1. The van der Waals surface area contributed by atoms with Crippen LogP contribution in [0, 0.1) is 0 Å². The van der Waals surface area contributed by atoms with Gasteiger partial charge in [-0.1, -0.05) is 25.8 Å². The molecule has 0 saturated heterocycles. The van der Waals surface area contributed by atoms with Gasteiger partial charge in [-0.25, -0.2) is 9.59 Å². The number of hydrogen-bond acceptors (Lipinski definition) is 3. The van der Waals surface area contributed by atoms with Crippen molar-refractivity contribution in [2.75, 3.05) is 24.3 Å². The monoisotopic (exact) mass is 293 g/mol. The minimum Gasteiger partial charge on any atom is -0.480 e. The van der Waals surface area contributed by atoms with Gasteiger partial charge in [-0.15, -0.1) is 0 Å². The average molecular weight is 293 g/mol. The minimum atomic E-state index is -1.01. The molecule has 1 aromatic rings. The van der Waals surface area contributed by atoms with Crippen LogP contribution in [-0.4, -0.2) is 37.2 Å². The van der Waals surface area contributed by atoms with Crippen LogP contribution in [0.2, 0.25) is 0 Å². The summed E-state index contributed by atoms with van der Waals surface area (Å²) in [4.78, 5) is 24.9. The number of anilines is 2. The summed E-state index contributed by atoms with van der Waals surface area (Å²) in [6.45, 7) is 1.98. The van der Waals surface area contributed by atoms with Crippen LogP contribution in [0.4, 0.5) is 16.2 Å². The van der Waals surface area contributed by atoms with E-state index in [1.54, 1.807) is 6.07 Å². The Labute approximate surface area is 125 Å². The first-order chi connectivity index (χ1) is 9.93. The first-order valence-corrected chi connectivity index (χ1v) is 7.01. The van der Waals surface area contributed by atoms with Crippen molar-refractivity contribution < 1.29 is 14.7 Å². The van der Waals surface area contributed by atoms with Crippen LogP contribution in [0.25, 0.3) is 0 Å². The van der Waals surface area contributed by atoms with Crippen molar-refractivity contribution in [3.8, 4) is 0 Å². The van der Waals surface area contributed by atoms with Gasteiger partial charge in [0, 0.05) is 25.5 Å². The Kier molecular flexibility index (Phi) is 6.52. The zero-order chi connectivity index (χ0) is 15.8. The molecule has 0 aliphatic heterocycles. The van der Waals surface area contributed by atoms with Crippen molar-refractivity contribution in [3.05, 3.63) is 24.3 Å². The molecule has 1 rings (SSSR count). The van der Waals surface area contributed by atoms with Gasteiger partial charge in [0.1, 0.15) is 6.04 Å². The van der Waals surface area contributed by atoms with E-state index >= 15 is 0 Å². The normalized spacial score (nSPS) is 11.6.